The lowest BCUT2D eigenvalue weighted by Crippen LogP contribution is -2.38. The molecule has 0 amide bonds. The highest BCUT2D eigenvalue weighted by Crippen LogP contribution is 2.26. The quantitative estimate of drug-likeness (QED) is 0.827. The van der Waals surface area contributed by atoms with Crippen LogP contribution in [0.3, 0.4) is 0 Å². The number of methoxy groups -OCH3 is 1. The zero-order valence-electron chi connectivity index (χ0n) is 11.6. The maximum Gasteiger partial charge on any atom is 0.339 e. The zero-order valence-corrected chi connectivity index (χ0v) is 11.6. The lowest BCUT2D eigenvalue weighted by Gasteiger charge is -2.27. The van der Waals surface area contributed by atoms with Crippen LogP contribution in [0.4, 0.5) is 0 Å². The molecule has 0 heterocycles. The number of hydrogen-bond donors (Lipinski definition) is 2. The first-order valence-corrected chi connectivity index (χ1v) is 6.04. The van der Waals surface area contributed by atoms with Gasteiger partial charge < -0.3 is 19.7 Å². The van der Waals surface area contributed by atoms with Gasteiger partial charge in [0.15, 0.2) is 0 Å². The van der Waals surface area contributed by atoms with E-state index in [0.29, 0.717) is 5.75 Å². The van der Waals surface area contributed by atoms with Crippen LogP contribution in [0, 0.1) is 5.92 Å². The van der Waals surface area contributed by atoms with Crippen molar-refractivity contribution < 1.29 is 24.5 Å². The fourth-order valence-electron chi connectivity index (χ4n) is 1.32. The second kappa shape index (κ2) is 5.93. The normalized spacial score (nSPS) is 14.0. The highest BCUT2D eigenvalue weighted by atomic mass is 16.5. The van der Waals surface area contributed by atoms with E-state index < -0.39 is 11.6 Å². The number of benzene rings is 1. The van der Waals surface area contributed by atoms with Gasteiger partial charge in [0.2, 0.25) is 0 Å². The molecule has 0 saturated heterocycles. The molecule has 1 aromatic carbocycles. The monoisotopic (exact) mass is 268 g/mol. The van der Waals surface area contributed by atoms with E-state index >= 15 is 0 Å². The van der Waals surface area contributed by atoms with Gasteiger partial charge >= 0.3 is 5.97 Å². The van der Waals surface area contributed by atoms with Crippen molar-refractivity contribution in [1.82, 2.24) is 0 Å². The molecule has 0 aromatic heterocycles. The van der Waals surface area contributed by atoms with Crippen molar-refractivity contribution >= 4 is 5.97 Å². The maximum atomic E-state index is 11.2. The maximum absolute atomic E-state index is 11.2. The number of carbonyl (C=O) groups is 1. The summed E-state index contributed by atoms with van der Waals surface area (Å²) in [6, 6.07) is 4.53. The summed E-state index contributed by atoms with van der Waals surface area (Å²) < 4.78 is 10.4. The minimum absolute atomic E-state index is 0.000901. The number of aromatic carboxylic acids is 1. The molecule has 5 heteroatoms. The molecule has 0 aliphatic heterocycles. The number of hydrogen-bond acceptors (Lipinski definition) is 4. The Balaban J connectivity index is 2.92. The second-order valence-electron chi connectivity index (χ2n) is 4.97. The molecule has 5 nitrogen and oxygen atoms in total. The van der Waals surface area contributed by atoms with E-state index in [-0.39, 0.29) is 23.8 Å². The van der Waals surface area contributed by atoms with E-state index in [9.17, 15) is 9.90 Å². The highest BCUT2D eigenvalue weighted by molar-refractivity contribution is 5.91. The molecule has 1 rings (SSSR count). The van der Waals surface area contributed by atoms with Gasteiger partial charge in [0, 0.05) is 0 Å². The summed E-state index contributed by atoms with van der Waals surface area (Å²) in [6.45, 7) is 5.42. The Bertz CT molecular complexity index is 451. The van der Waals surface area contributed by atoms with Crippen LogP contribution >= 0.6 is 0 Å². The molecule has 0 bridgehead atoms. The van der Waals surface area contributed by atoms with Crippen molar-refractivity contribution in [3.05, 3.63) is 23.8 Å². The topological polar surface area (TPSA) is 76.0 Å². The molecule has 0 aliphatic rings. The molecule has 0 fully saturated rings. The first-order valence-electron chi connectivity index (χ1n) is 6.04. The van der Waals surface area contributed by atoms with Crippen LogP contribution in [-0.2, 0) is 0 Å². The van der Waals surface area contributed by atoms with E-state index in [1.807, 2.05) is 13.8 Å². The van der Waals surface area contributed by atoms with Crippen molar-refractivity contribution in [3.63, 3.8) is 0 Å². The standard InChI is InChI=1S/C14H20O5/c1-9(2)14(3,17)8-19-12-6-5-10(18-4)7-11(12)13(15)16/h5-7,9,17H,8H2,1-4H3,(H,15,16). The van der Waals surface area contributed by atoms with Crippen LogP contribution in [0.5, 0.6) is 11.5 Å². The summed E-state index contributed by atoms with van der Waals surface area (Å²) in [5.74, 6) is -0.438. The number of ether oxygens (including phenoxy) is 2. The van der Waals surface area contributed by atoms with Gasteiger partial charge in [-0.25, -0.2) is 4.79 Å². The third-order valence-corrected chi connectivity index (χ3v) is 3.18. The van der Waals surface area contributed by atoms with Crippen molar-refractivity contribution in [3.8, 4) is 11.5 Å². The van der Waals surface area contributed by atoms with Crippen LogP contribution in [-0.4, -0.2) is 35.5 Å². The van der Waals surface area contributed by atoms with E-state index in [2.05, 4.69) is 0 Å². The van der Waals surface area contributed by atoms with Gasteiger partial charge in [-0.2, -0.15) is 0 Å². The van der Waals surface area contributed by atoms with Crippen molar-refractivity contribution in [2.45, 2.75) is 26.4 Å². The molecular weight excluding hydrogens is 248 g/mol. The van der Waals surface area contributed by atoms with E-state index in [1.165, 1.54) is 19.2 Å². The minimum Gasteiger partial charge on any atom is -0.497 e. The Kier molecular flexibility index (Phi) is 4.78. The smallest absolute Gasteiger partial charge is 0.339 e. The predicted molar refractivity (Wildman–Crippen MR) is 70.9 cm³/mol. The largest absolute Gasteiger partial charge is 0.497 e. The van der Waals surface area contributed by atoms with Gasteiger partial charge in [-0.3, -0.25) is 0 Å². The van der Waals surface area contributed by atoms with Crippen LogP contribution in [0.15, 0.2) is 18.2 Å². The predicted octanol–water partition coefficient (Wildman–Crippen LogP) is 2.18. The molecule has 1 unspecified atom stereocenters. The number of carboxylic acids is 1. The third-order valence-electron chi connectivity index (χ3n) is 3.18. The Morgan fingerprint density at radius 3 is 2.53 bits per heavy atom. The summed E-state index contributed by atoms with van der Waals surface area (Å²) in [5.41, 5.74) is -1.01. The lowest BCUT2D eigenvalue weighted by molar-refractivity contribution is -0.0269. The average Bonchev–Trinajstić information content (AvgIpc) is 2.35. The Labute approximate surface area is 112 Å². The summed E-state index contributed by atoms with van der Waals surface area (Å²) in [5, 5.41) is 19.2. The summed E-state index contributed by atoms with van der Waals surface area (Å²) in [4.78, 5) is 11.2. The zero-order chi connectivity index (χ0) is 14.6. The van der Waals surface area contributed by atoms with Gasteiger partial charge in [0.25, 0.3) is 0 Å². The number of carboxylic acid groups (broad SMARTS) is 1. The number of aliphatic hydroxyl groups is 1. The van der Waals surface area contributed by atoms with Gasteiger partial charge in [0.05, 0.1) is 12.7 Å². The van der Waals surface area contributed by atoms with Crippen LogP contribution in [0.1, 0.15) is 31.1 Å². The van der Waals surface area contributed by atoms with Crippen molar-refractivity contribution in [1.29, 1.82) is 0 Å². The van der Waals surface area contributed by atoms with Crippen LogP contribution < -0.4 is 9.47 Å². The van der Waals surface area contributed by atoms with E-state index in [4.69, 9.17) is 14.6 Å². The number of rotatable bonds is 6. The first-order chi connectivity index (χ1) is 8.77. The van der Waals surface area contributed by atoms with E-state index in [0.717, 1.165) is 0 Å². The fourth-order valence-corrected chi connectivity index (χ4v) is 1.32. The molecule has 19 heavy (non-hydrogen) atoms. The molecule has 2 N–H and O–H groups in total. The average molecular weight is 268 g/mol. The van der Waals surface area contributed by atoms with Crippen molar-refractivity contribution in [2.75, 3.05) is 13.7 Å². The summed E-state index contributed by atoms with van der Waals surface area (Å²) >= 11 is 0. The van der Waals surface area contributed by atoms with Gasteiger partial charge in [-0.05, 0) is 31.0 Å². The summed E-state index contributed by atoms with van der Waals surface area (Å²) in [7, 11) is 1.46. The molecule has 0 saturated carbocycles. The molecule has 1 aromatic rings. The molecule has 0 aliphatic carbocycles. The Hall–Kier alpha value is -1.75. The molecule has 0 spiro atoms. The molecule has 1 atom stereocenters. The SMILES string of the molecule is COc1ccc(OCC(C)(O)C(C)C)c(C(=O)O)c1. The van der Waals surface area contributed by atoms with Crippen LogP contribution in [0.25, 0.3) is 0 Å². The second-order valence-corrected chi connectivity index (χ2v) is 4.97. The van der Waals surface area contributed by atoms with Gasteiger partial charge in [-0.15, -0.1) is 0 Å². The van der Waals surface area contributed by atoms with Crippen LogP contribution in [0.2, 0.25) is 0 Å². The molecule has 106 valence electrons. The van der Waals surface area contributed by atoms with Gasteiger partial charge in [0.1, 0.15) is 23.7 Å². The third kappa shape index (κ3) is 3.86. The molecular formula is C14H20O5. The molecule has 0 radical (unpaired) electrons. The first kappa shape index (κ1) is 15.3. The van der Waals surface area contributed by atoms with E-state index in [1.54, 1.807) is 13.0 Å². The van der Waals surface area contributed by atoms with Gasteiger partial charge in [-0.1, -0.05) is 13.8 Å². The Morgan fingerprint density at radius 2 is 2.05 bits per heavy atom. The summed E-state index contributed by atoms with van der Waals surface area (Å²) in [6.07, 6.45) is 0. The Morgan fingerprint density at radius 1 is 1.42 bits per heavy atom. The fraction of sp³-hybridized carbons (Fsp3) is 0.500. The lowest BCUT2D eigenvalue weighted by atomic mass is 9.94. The minimum atomic E-state index is -1.10. The highest BCUT2D eigenvalue weighted by Gasteiger charge is 2.26. The van der Waals surface area contributed by atoms with Crippen molar-refractivity contribution in [2.24, 2.45) is 5.92 Å².